The number of ether oxygens (including phenoxy) is 2. The molecule has 0 aliphatic rings. The summed E-state index contributed by atoms with van der Waals surface area (Å²) < 4.78 is 16.4. The topological polar surface area (TPSA) is 68.9 Å². The highest BCUT2D eigenvalue weighted by atomic mass is 16.5. The summed E-state index contributed by atoms with van der Waals surface area (Å²) in [6.45, 7) is 2.51. The summed E-state index contributed by atoms with van der Waals surface area (Å²) in [5.74, 6) is 0.676. The van der Waals surface area contributed by atoms with Crippen LogP contribution in [-0.2, 0) is 11.3 Å². The summed E-state index contributed by atoms with van der Waals surface area (Å²) in [4.78, 5) is 12.6. The summed E-state index contributed by atoms with van der Waals surface area (Å²) in [5.41, 5.74) is 0.462. The molecule has 0 bridgehead atoms. The average Bonchev–Trinajstić information content (AvgIpc) is 2.57. The van der Waals surface area contributed by atoms with Gasteiger partial charge in [-0.3, -0.25) is 4.79 Å². The fourth-order valence-corrected chi connectivity index (χ4v) is 2.26. The quantitative estimate of drug-likeness (QED) is 0.775. The summed E-state index contributed by atoms with van der Waals surface area (Å²) in [6.07, 6.45) is 1.26. The van der Waals surface area contributed by atoms with Gasteiger partial charge >= 0.3 is 0 Å². The zero-order chi connectivity index (χ0) is 16.2. The Morgan fingerprint density at radius 2 is 1.91 bits per heavy atom. The van der Waals surface area contributed by atoms with Crippen molar-refractivity contribution in [2.24, 2.45) is 0 Å². The van der Waals surface area contributed by atoms with Gasteiger partial charge in [-0.05, 0) is 31.2 Å². The van der Waals surface area contributed by atoms with Gasteiger partial charge in [-0.2, -0.15) is 0 Å². The van der Waals surface area contributed by atoms with E-state index in [4.69, 9.17) is 13.9 Å². The smallest absolute Gasteiger partial charge is 0.235 e. The average molecular weight is 312 g/mol. The zero-order valence-corrected chi connectivity index (χ0v) is 12.6. The molecule has 0 amide bonds. The number of benzene rings is 2. The molecule has 0 atom stereocenters. The van der Waals surface area contributed by atoms with E-state index in [9.17, 15) is 9.90 Å². The Hall–Kier alpha value is -2.79. The fourth-order valence-electron chi connectivity index (χ4n) is 2.26. The molecule has 2 aromatic carbocycles. The molecule has 0 fully saturated rings. The van der Waals surface area contributed by atoms with Gasteiger partial charge in [0.05, 0.1) is 17.6 Å². The van der Waals surface area contributed by atoms with Crippen LogP contribution in [0.2, 0.25) is 0 Å². The molecule has 0 unspecified atom stereocenters. The van der Waals surface area contributed by atoms with Crippen molar-refractivity contribution in [3.8, 4) is 17.2 Å². The molecule has 118 valence electrons. The minimum Gasteiger partial charge on any atom is -0.507 e. The van der Waals surface area contributed by atoms with Crippen molar-refractivity contribution < 1.29 is 19.0 Å². The highest BCUT2D eigenvalue weighted by molar-refractivity contribution is 5.82. The van der Waals surface area contributed by atoms with Crippen LogP contribution in [0.25, 0.3) is 11.0 Å². The third-order valence-electron chi connectivity index (χ3n) is 3.41. The maximum absolute atomic E-state index is 12.6. The largest absolute Gasteiger partial charge is 0.507 e. The van der Waals surface area contributed by atoms with Crippen LogP contribution < -0.4 is 10.2 Å². The molecule has 0 radical (unpaired) electrons. The van der Waals surface area contributed by atoms with Gasteiger partial charge in [-0.15, -0.1) is 0 Å². The van der Waals surface area contributed by atoms with Crippen LogP contribution in [0.15, 0.2) is 57.9 Å². The molecule has 1 heterocycles. The van der Waals surface area contributed by atoms with Gasteiger partial charge in [-0.1, -0.05) is 18.2 Å². The zero-order valence-electron chi connectivity index (χ0n) is 12.6. The van der Waals surface area contributed by atoms with Crippen LogP contribution in [0.3, 0.4) is 0 Å². The second kappa shape index (κ2) is 6.54. The molecule has 0 aliphatic carbocycles. The SMILES string of the molecule is CCOCc1c(O)ccc2c(=O)c(Oc3ccccc3)coc12. The van der Waals surface area contributed by atoms with Crippen molar-refractivity contribution in [3.63, 3.8) is 0 Å². The first-order valence-electron chi connectivity index (χ1n) is 7.27. The number of hydrogen-bond acceptors (Lipinski definition) is 5. The molecule has 0 aliphatic heterocycles. The number of phenolic OH excluding ortho intramolecular Hbond substituents is 1. The third kappa shape index (κ3) is 3.05. The summed E-state index contributed by atoms with van der Waals surface area (Å²) in [5, 5.41) is 10.3. The Bertz CT molecular complexity index is 868. The maximum atomic E-state index is 12.6. The molecule has 1 aromatic heterocycles. The van der Waals surface area contributed by atoms with Crippen LogP contribution in [0.4, 0.5) is 0 Å². The van der Waals surface area contributed by atoms with E-state index in [1.54, 1.807) is 12.1 Å². The Morgan fingerprint density at radius 1 is 1.13 bits per heavy atom. The Labute approximate surface area is 132 Å². The molecule has 0 saturated carbocycles. The molecule has 0 saturated heterocycles. The summed E-state index contributed by atoms with van der Waals surface area (Å²) in [7, 11) is 0. The van der Waals surface area contributed by atoms with Crippen molar-refractivity contribution in [2.45, 2.75) is 13.5 Å². The molecule has 3 aromatic rings. The van der Waals surface area contributed by atoms with Gasteiger partial charge in [0.1, 0.15) is 23.3 Å². The standard InChI is InChI=1S/C18H16O5/c1-2-21-10-14-15(19)9-8-13-17(20)16(11-22-18(13)14)23-12-6-4-3-5-7-12/h3-9,11,19H,2,10H2,1H3. The van der Waals surface area contributed by atoms with Crippen molar-refractivity contribution in [1.29, 1.82) is 0 Å². The molecular weight excluding hydrogens is 296 g/mol. The number of hydrogen-bond donors (Lipinski definition) is 1. The third-order valence-corrected chi connectivity index (χ3v) is 3.41. The van der Waals surface area contributed by atoms with Gasteiger partial charge < -0.3 is 19.0 Å². The van der Waals surface area contributed by atoms with Gasteiger partial charge in [0.2, 0.25) is 11.2 Å². The molecule has 3 rings (SSSR count). The Morgan fingerprint density at radius 3 is 2.65 bits per heavy atom. The second-order valence-electron chi connectivity index (χ2n) is 4.92. The number of aromatic hydroxyl groups is 1. The highest BCUT2D eigenvalue weighted by Crippen LogP contribution is 2.28. The number of rotatable bonds is 5. The lowest BCUT2D eigenvalue weighted by Gasteiger charge is -2.09. The van der Waals surface area contributed by atoms with E-state index in [0.717, 1.165) is 0 Å². The van der Waals surface area contributed by atoms with E-state index in [2.05, 4.69) is 0 Å². The number of fused-ring (bicyclic) bond motifs is 1. The van der Waals surface area contributed by atoms with E-state index in [-0.39, 0.29) is 23.5 Å². The first-order valence-corrected chi connectivity index (χ1v) is 7.27. The Balaban J connectivity index is 2.06. The van der Waals surface area contributed by atoms with E-state index in [0.29, 0.717) is 28.9 Å². The molecule has 0 spiro atoms. The summed E-state index contributed by atoms with van der Waals surface area (Å²) in [6, 6.07) is 12.0. The normalized spacial score (nSPS) is 10.8. The number of para-hydroxylation sites is 1. The van der Waals surface area contributed by atoms with Gasteiger partial charge in [0.15, 0.2) is 0 Å². The Kier molecular flexibility index (Phi) is 4.30. The molecule has 23 heavy (non-hydrogen) atoms. The minimum atomic E-state index is -0.298. The van der Waals surface area contributed by atoms with Crippen LogP contribution in [0, 0.1) is 0 Å². The van der Waals surface area contributed by atoms with Crippen molar-refractivity contribution in [1.82, 2.24) is 0 Å². The monoisotopic (exact) mass is 312 g/mol. The lowest BCUT2D eigenvalue weighted by molar-refractivity contribution is 0.132. The maximum Gasteiger partial charge on any atom is 0.235 e. The van der Waals surface area contributed by atoms with Gasteiger partial charge in [-0.25, -0.2) is 0 Å². The van der Waals surface area contributed by atoms with Gasteiger partial charge in [0, 0.05) is 6.61 Å². The van der Waals surface area contributed by atoms with E-state index in [1.165, 1.54) is 18.4 Å². The lowest BCUT2D eigenvalue weighted by atomic mass is 10.1. The van der Waals surface area contributed by atoms with Crippen LogP contribution >= 0.6 is 0 Å². The summed E-state index contributed by atoms with van der Waals surface area (Å²) >= 11 is 0. The van der Waals surface area contributed by atoms with Crippen LogP contribution in [0.5, 0.6) is 17.2 Å². The van der Waals surface area contributed by atoms with Crippen molar-refractivity contribution in [3.05, 3.63) is 64.5 Å². The first-order chi connectivity index (χ1) is 11.2. The minimum absolute atomic E-state index is 0.0332. The van der Waals surface area contributed by atoms with Gasteiger partial charge in [0.25, 0.3) is 0 Å². The van der Waals surface area contributed by atoms with E-state index in [1.807, 2.05) is 25.1 Å². The number of phenols is 1. The fraction of sp³-hybridized carbons (Fsp3) is 0.167. The van der Waals surface area contributed by atoms with E-state index >= 15 is 0 Å². The van der Waals surface area contributed by atoms with Crippen molar-refractivity contribution >= 4 is 11.0 Å². The molecular formula is C18H16O5. The van der Waals surface area contributed by atoms with Crippen molar-refractivity contribution in [2.75, 3.05) is 6.61 Å². The second-order valence-corrected chi connectivity index (χ2v) is 4.92. The molecule has 5 heteroatoms. The molecule has 1 N–H and O–H groups in total. The first kappa shape index (κ1) is 15.1. The van der Waals surface area contributed by atoms with E-state index < -0.39 is 0 Å². The van der Waals surface area contributed by atoms with Crippen LogP contribution in [0.1, 0.15) is 12.5 Å². The molecule has 5 nitrogen and oxygen atoms in total. The highest BCUT2D eigenvalue weighted by Gasteiger charge is 2.15. The predicted molar refractivity (Wildman–Crippen MR) is 86.0 cm³/mol. The lowest BCUT2D eigenvalue weighted by Crippen LogP contribution is -2.06. The predicted octanol–water partition coefficient (Wildman–Crippen LogP) is 3.83. The van der Waals surface area contributed by atoms with Crippen LogP contribution in [-0.4, -0.2) is 11.7 Å².